The topological polar surface area (TPSA) is 84.5 Å². The standard InChI is InChI=1S/C26H36N2O4/c1-16-8-17(2)23(18(3)9-16)27-22(30)6-5-7-32-24(31)25-11-20-10-21(12-25)14-26(13-20,15-25)28-19(4)29/h8-9,20-21H,5-7,10-15H2,1-4H3,(H,27,30)(H,28,29). The second-order valence-electron chi connectivity index (χ2n) is 10.8. The molecule has 1 aromatic carbocycles. The van der Waals surface area contributed by atoms with E-state index in [1.54, 1.807) is 6.92 Å². The third-order valence-electron chi connectivity index (χ3n) is 7.66. The minimum Gasteiger partial charge on any atom is -0.465 e. The van der Waals surface area contributed by atoms with Crippen LogP contribution in [0.4, 0.5) is 5.69 Å². The summed E-state index contributed by atoms with van der Waals surface area (Å²) in [7, 11) is 0. The quantitative estimate of drug-likeness (QED) is 0.488. The van der Waals surface area contributed by atoms with Crippen LogP contribution in [-0.4, -0.2) is 29.9 Å². The van der Waals surface area contributed by atoms with Crippen molar-refractivity contribution in [2.24, 2.45) is 17.3 Å². The van der Waals surface area contributed by atoms with Crippen LogP contribution >= 0.6 is 0 Å². The van der Waals surface area contributed by atoms with Gasteiger partial charge in [0, 0.05) is 24.6 Å². The third kappa shape index (κ3) is 4.55. The highest BCUT2D eigenvalue weighted by molar-refractivity contribution is 5.92. The van der Waals surface area contributed by atoms with Crippen LogP contribution in [-0.2, 0) is 19.1 Å². The van der Waals surface area contributed by atoms with E-state index in [1.165, 1.54) is 5.56 Å². The Balaban J connectivity index is 1.29. The van der Waals surface area contributed by atoms with Crippen LogP contribution < -0.4 is 10.6 Å². The lowest BCUT2D eigenvalue weighted by atomic mass is 9.47. The zero-order valence-electron chi connectivity index (χ0n) is 19.8. The van der Waals surface area contributed by atoms with Crippen LogP contribution in [0.25, 0.3) is 0 Å². The van der Waals surface area contributed by atoms with Crippen molar-refractivity contribution in [1.82, 2.24) is 5.32 Å². The number of hydrogen-bond donors (Lipinski definition) is 2. The lowest BCUT2D eigenvalue weighted by Gasteiger charge is -2.60. The molecule has 2 unspecified atom stereocenters. The first-order valence-corrected chi connectivity index (χ1v) is 11.9. The number of benzene rings is 1. The Morgan fingerprint density at radius 2 is 1.66 bits per heavy atom. The number of rotatable bonds is 7. The zero-order valence-corrected chi connectivity index (χ0v) is 19.8. The fourth-order valence-electron chi connectivity index (χ4n) is 7.15. The summed E-state index contributed by atoms with van der Waals surface area (Å²) < 4.78 is 5.71. The highest BCUT2D eigenvalue weighted by Crippen LogP contribution is 2.62. The molecule has 2 amide bonds. The maximum Gasteiger partial charge on any atom is 0.312 e. The monoisotopic (exact) mass is 440 g/mol. The Morgan fingerprint density at radius 1 is 1.03 bits per heavy atom. The third-order valence-corrected chi connectivity index (χ3v) is 7.66. The number of nitrogens with one attached hydrogen (secondary N) is 2. The van der Waals surface area contributed by atoms with Gasteiger partial charge in [-0.3, -0.25) is 14.4 Å². The first-order chi connectivity index (χ1) is 15.1. The minimum atomic E-state index is -0.467. The lowest BCUT2D eigenvalue weighted by Crippen LogP contribution is -2.64. The molecule has 1 aromatic rings. The smallest absolute Gasteiger partial charge is 0.312 e. The Bertz CT molecular complexity index is 901. The molecule has 2 N–H and O–H groups in total. The van der Waals surface area contributed by atoms with Gasteiger partial charge in [0.2, 0.25) is 11.8 Å². The van der Waals surface area contributed by atoms with Gasteiger partial charge in [0.25, 0.3) is 0 Å². The first kappa shape index (κ1) is 22.8. The van der Waals surface area contributed by atoms with Crippen molar-refractivity contribution < 1.29 is 19.1 Å². The summed E-state index contributed by atoms with van der Waals surface area (Å²) in [5.41, 5.74) is 3.45. The van der Waals surface area contributed by atoms with E-state index in [2.05, 4.69) is 22.8 Å². The van der Waals surface area contributed by atoms with Crippen LogP contribution in [0.1, 0.15) is 75.0 Å². The molecule has 0 radical (unpaired) electrons. The molecule has 4 fully saturated rings. The normalized spacial score (nSPS) is 30.1. The van der Waals surface area contributed by atoms with Crippen LogP contribution in [0.3, 0.4) is 0 Å². The minimum absolute atomic E-state index is 0.0134. The molecule has 4 aliphatic rings. The van der Waals surface area contributed by atoms with Crippen LogP contribution in [0.15, 0.2) is 12.1 Å². The van der Waals surface area contributed by atoms with E-state index in [-0.39, 0.29) is 29.9 Å². The SMILES string of the molecule is CC(=O)NC12CC3CC(C1)CC(C(=O)OCCCC(=O)Nc1c(C)cc(C)cc1C)(C3)C2. The van der Waals surface area contributed by atoms with Crippen molar-refractivity contribution in [2.45, 2.75) is 84.6 Å². The molecule has 0 spiro atoms. The van der Waals surface area contributed by atoms with E-state index < -0.39 is 5.41 Å². The molecule has 6 heteroatoms. The van der Waals surface area contributed by atoms with Crippen molar-refractivity contribution in [1.29, 1.82) is 0 Å². The van der Waals surface area contributed by atoms with Gasteiger partial charge in [-0.15, -0.1) is 0 Å². The number of carbonyl (C=O) groups excluding carboxylic acids is 3. The van der Waals surface area contributed by atoms with E-state index in [0.29, 0.717) is 31.1 Å². The number of amides is 2. The average Bonchev–Trinajstić information content (AvgIpc) is 2.65. The molecule has 0 saturated heterocycles. The molecule has 0 heterocycles. The zero-order chi connectivity index (χ0) is 23.1. The van der Waals surface area contributed by atoms with E-state index >= 15 is 0 Å². The van der Waals surface area contributed by atoms with Gasteiger partial charge in [0.15, 0.2) is 0 Å². The van der Waals surface area contributed by atoms with E-state index in [4.69, 9.17) is 4.74 Å². The number of carbonyl (C=O) groups is 3. The van der Waals surface area contributed by atoms with Gasteiger partial charge >= 0.3 is 5.97 Å². The average molecular weight is 441 g/mol. The summed E-state index contributed by atoms with van der Waals surface area (Å²) in [6.45, 7) is 7.85. The second-order valence-corrected chi connectivity index (χ2v) is 10.8. The number of aryl methyl sites for hydroxylation is 3. The second kappa shape index (κ2) is 8.53. The number of esters is 1. The van der Waals surface area contributed by atoms with Gasteiger partial charge in [0.1, 0.15) is 0 Å². The Hall–Kier alpha value is -2.37. The summed E-state index contributed by atoms with van der Waals surface area (Å²) in [4.78, 5) is 37.4. The predicted octanol–water partition coefficient (Wildman–Crippen LogP) is 4.35. The van der Waals surface area contributed by atoms with Crippen molar-refractivity contribution in [3.8, 4) is 0 Å². The van der Waals surface area contributed by atoms with Crippen molar-refractivity contribution in [2.75, 3.05) is 11.9 Å². The van der Waals surface area contributed by atoms with Crippen LogP contribution in [0.5, 0.6) is 0 Å². The Morgan fingerprint density at radius 3 is 2.25 bits per heavy atom. The summed E-state index contributed by atoms with van der Waals surface area (Å²) >= 11 is 0. The van der Waals surface area contributed by atoms with E-state index in [9.17, 15) is 14.4 Å². The summed E-state index contributed by atoms with van der Waals surface area (Å²) in [6, 6.07) is 4.12. The van der Waals surface area contributed by atoms with Gasteiger partial charge in [-0.05, 0) is 88.7 Å². The molecule has 2 atom stereocenters. The van der Waals surface area contributed by atoms with Gasteiger partial charge in [-0.2, -0.15) is 0 Å². The summed E-state index contributed by atoms with van der Waals surface area (Å²) in [5.74, 6) is 0.771. The van der Waals surface area contributed by atoms with Crippen molar-refractivity contribution >= 4 is 23.5 Å². The summed E-state index contributed by atoms with van der Waals surface area (Å²) in [6.07, 6.45) is 6.38. The Kier molecular flexibility index (Phi) is 6.08. The maximum atomic E-state index is 13.1. The molecule has 4 saturated carbocycles. The van der Waals surface area contributed by atoms with Crippen molar-refractivity contribution in [3.05, 3.63) is 28.8 Å². The molecule has 4 aliphatic carbocycles. The molecular weight excluding hydrogens is 404 g/mol. The molecule has 32 heavy (non-hydrogen) atoms. The largest absolute Gasteiger partial charge is 0.465 e. The number of anilines is 1. The van der Waals surface area contributed by atoms with E-state index in [1.807, 2.05) is 20.8 Å². The number of ether oxygens (including phenoxy) is 1. The van der Waals surface area contributed by atoms with Gasteiger partial charge in [-0.1, -0.05) is 17.7 Å². The first-order valence-electron chi connectivity index (χ1n) is 11.9. The molecule has 0 aromatic heterocycles. The summed E-state index contributed by atoms with van der Waals surface area (Å²) in [5, 5.41) is 6.19. The van der Waals surface area contributed by atoms with Gasteiger partial charge in [-0.25, -0.2) is 0 Å². The number of hydrogen-bond acceptors (Lipinski definition) is 4. The predicted molar refractivity (Wildman–Crippen MR) is 123 cm³/mol. The van der Waals surface area contributed by atoms with Crippen LogP contribution in [0, 0.1) is 38.0 Å². The Labute approximate surface area is 190 Å². The fraction of sp³-hybridized carbons (Fsp3) is 0.654. The highest BCUT2D eigenvalue weighted by Gasteiger charge is 2.61. The molecule has 5 rings (SSSR count). The maximum absolute atomic E-state index is 13.1. The van der Waals surface area contributed by atoms with Crippen LogP contribution in [0.2, 0.25) is 0 Å². The van der Waals surface area contributed by atoms with Gasteiger partial charge in [0.05, 0.1) is 12.0 Å². The molecule has 0 aliphatic heterocycles. The molecular formula is C26H36N2O4. The molecule has 4 bridgehead atoms. The van der Waals surface area contributed by atoms with E-state index in [0.717, 1.165) is 48.9 Å². The van der Waals surface area contributed by atoms with Crippen molar-refractivity contribution in [3.63, 3.8) is 0 Å². The fourth-order valence-corrected chi connectivity index (χ4v) is 7.15. The highest BCUT2D eigenvalue weighted by atomic mass is 16.5. The molecule has 6 nitrogen and oxygen atoms in total. The molecule has 174 valence electrons. The lowest BCUT2D eigenvalue weighted by molar-refractivity contribution is -0.176. The van der Waals surface area contributed by atoms with Gasteiger partial charge < -0.3 is 15.4 Å².